The number of nitrogens with one attached hydrogen (secondary N) is 2. The highest BCUT2D eigenvalue weighted by molar-refractivity contribution is 7.22. The molecule has 0 radical (unpaired) electrons. The Morgan fingerprint density at radius 1 is 1.03 bits per heavy atom. The molecule has 34 heavy (non-hydrogen) atoms. The predicted octanol–water partition coefficient (Wildman–Crippen LogP) is 4.81. The van der Waals surface area contributed by atoms with E-state index in [1.807, 2.05) is 54.6 Å². The molecule has 0 aliphatic carbocycles. The maximum Gasteiger partial charge on any atom is 0.261 e. The molecule has 2 N–H and O–H groups in total. The van der Waals surface area contributed by atoms with E-state index in [1.165, 1.54) is 18.3 Å². The van der Waals surface area contributed by atoms with Gasteiger partial charge in [0.15, 0.2) is 5.13 Å². The van der Waals surface area contributed by atoms with Gasteiger partial charge in [-0.3, -0.25) is 24.6 Å². The van der Waals surface area contributed by atoms with Crippen LogP contribution in [0, 0.1) is 0 Å². The van der Waals surface area contributed by atoms with Gasteiger partial charge in [-0.05, 0) is 35.9 Å². The molecule has 0 bridgehead atoms. The van der Waals surface area contributed by atoms with Crippen LogP contribution in [-0.2, 0) is 11.3 Å². The van der Waals surface area contributed by atoms with Crippen LogP contribution in [0.1, 0.15) is 22.8 Å². The molecule has 5 aromatic rings. The van der Waals surface area contributed by atoms with Gasteiger partial charge < -0.3 is 5.32 Å². The molecule has 0 atom stereocenters. The van der Waals surface area contributed by atoms with Crippen molar-refractivity contribution in [2.24, 2.45) is 0 Å². The average Bonchev–Trinajstić information content (AvgIpc) is 3.43. The molecule has 2 amide bonds. The molecule has 168 valence electrons. The van der Waals surface area contributed by atoms with Crippen molar-refractivity contribution in [2.75, 3.05) is 10.6 Å². The maximum atomic E-state index is 13.3. The quantitative estimate of drug-likeness (QED) is 0.372. The van der Waals surface area contributed by atoms with Crippen molar-refractivity contribution in [1.29, 1.82) is 0 Å². The van der Waals surface area contributed by atoms with Gasteiger partial charge >= 0.3 is 0 Å². The lowest BCUT2D eigenvalue weighted by molar-refractivity contribution is -0.114. The van der Waals surface area contributed by atoms with Gasteiger partial charge in [0.25, 0.3) is 5.91 Å². The summed E-state index contributed by atoms with van der Waals surface area (Å²) in [5.41, 5.74) is 4.24. The van der Waals surface area contributed by atoms with Gasteiger partial charge in [-0.25, -0.2) is 4.98 Å². The maximum absolute atomic E-state index is 13.3. The van der Waals surface area contributed by atoms with Crippen molar-refractivity contribution in [2.45, 2.75) is 13.5 Å². The monoisotopic (exact) mass is 468 g/mol. The number of aromatic nitrogens is 4. The molecular weight excluding hydrogens is 448 g/mol. The summed E-state index contributed by atoms with van der Waals surface area (Å²) in [6.07, 6.45) is 5.11. The molecule has 0 aliphatic heterocycles. The van der Waals surface area contributed by atoms with Gasteiger partial charge in [0.05, 0.1) is 22.3 Å². The van der Waals surface area contributed by atoms with Crippen LogP contribution >= 0.6 is 11.3 Å². The Hall–Kier alpha value is -4.37. The van der Waals surface area contributed by atoms with Gasteiger partial charge in [-0.2, -0.15) is 5.10 Å². The second kappa shape index (κ2) is 9.24. The van der Waals surface area contributed by atoms with Gasteiger partial charge in [-0.15, -0.1) is 0 Å². The van der Waals surface area contributed by atoms with E-state index in [4.69, 9.17) is 0 Å². The van der Waals surface area contributed by atoms with Crippen molar-refractivity contribution >= 4 is 44.2 Å². The van der Waals surface area contributed by atoms with E-state index in [0.29, 0.717) is 28.6 Å². The summed E-state index contributed by atoms with van der Waals surface area (Å²) in [4.78, 5) is 33.3. The molecule has 0 saturated heterocycles. The van der Waals surface area contributed by atoms with Crippen molar-refractivity contribution in [3.05, 3.63) is 90.4 Å². The highest BCUT2D eigenvalue weighted by atomic mass is 32.1. The first-order valence-corrected chi connectivity index (χ1v) is 11.4. The zero-order chi connectivity index (χ0) is 23.5. The number of anilines is 2. The number of nitrogens with zero attached hydrogens (tertiary/aromatic N) is 4. The summed E-state index contributed by atoms with van der Waals surface area (Å²) >= 11 is 1.34. The SMILES string of the molecule is CC(=O)Nc1ccc2nc(NC(=O)c3cn(Cc4ccccc4)nc3-c3cccnc3)sc2c1. The van der Waals surface area contributed by atoms with Crippen molar-refractivity contribution in [1.82, 2.24) is 19.7 Å². The summed E-state index contributed by atoms with van der Waals surface area (Å²) in [6.45, 7) is 1.99. The summed E-state index contributed by atoms with van der Waals surface area (Å²) in [6, 6.07) is 19.1. The first kappa shape index (κ1) is 21.5. The standard InChI is InChI=1S/C25H20N6O2S/c1-16(32)27-19-9-10-21-22(12-19)34-25(28-21)29-24(33)20-15-31(14-17-6-3-2-4-7-17)30-23(20)18-8-5-11-26-13-18/h2-13,15H,14H2,1H3,(H,27,32)(H,28,29,33). The number of hydrogen-bond donors (Lipinski definition) is 2. The predicted molar refractivity (Wildman–Crippen MR) is 133 cm³/mol. The zero-order valence-corrected chi connectivity index (χ0v) is 19.0. The first-order chi connectivity index (χ1) is 16.5. The summed E-state index contributed by atoms with van der Waals surface area (Å²) in [5, 5.41) is 10.8. The lowest BCUT2D eigenvalue weighted by Crippen LogP contribution is -2.12. The number of carbonyl (C=O) groups excluding carboxylic acids is 2. The number of pyridine rings is 1. The highest BCUT2D eigenvalue weighted by Crippen LogP contribution is 2.30. The minimum Gasteiger partial charge on any atom is -0.326 e. The van der Waals surface area contributed by atoms with Gasteiger partial charge in [0, 0.05) is 36.8 Å². The van der Waals surface area contributed by atoms with Crippen molar-refractivity contribution in [3.63, 3.8) is 0 Å². The minimum atomic E-state index is -0.306. The third-order valence-corrected chi connectivity index (χ3v) is 5.99. The number of rotatable bonds is 6. The molecular formula is C25H20N6O2S. The number of amides is 2. The summed E-state index contributed by atoms with van der Waals surface area (Å²) in [5.74, 6) is -0.452. The van der Waals surface area contributed by atoms with E-state index in [2.05, 4.69) is 25.7 Å². The topological polar surface area (TPSA) is 102 Å². The Kier molecular flexibility index (Phi) is 5.84. The minimum absolute atomic E-state index is 0.146. The Labute approximate surface area is 199 Å². The fourth-order valence-corrected chi connectivity index (χ4v) is 4.48. The van der Waals surface area contributed by atoms with Crippen LogP contribution in [0.4, 0.5) is 10.8 Å². The molecule has 2 aromatic carbocycles. The molecule has 0 fully saturated rings. The van der Waals surface area contributed by atoms with Crippen LogP contribution < -0.4 is 10.6 Å². The fourth-order valence-electron chi connectivity index (χ4n) is 3.58. The third kappa shape index (κ3) is 4.69. The third-order valence-electron chi connectivity index (χ3n) is 5.06. The molecule has 9 heteroatoms. The largest absolute Gasteiger partial charge is 0.326 e. The number of benzene rings is 2. The van der Waals surface area contributed by atoms with Crippen LogP contribution in [0.5, 0.6) is 0 Å². The second-order valence-corrected chi connectivity index (χ2v) is 8.68. The van der Waals surface area contributed by atoms with E-state index in [9.17, 15) is 9.59 Å². The van der Waals surface area contributed by atoms with E-state index < -0.39 is 0 Å². The average molecular weight is 469 g/mol. The van der Waals surface area contributed by atoms with Gasteiger partial charge in [-0.1, -0.05) is 41.7 Å². The van der Waals surface area contributed by atoms with E-state index in [1.54, 1.807) is 29.3 Å². The van der Waals surface area contributed by atoms with E-state index in [-0.39, 0.29) is 11.8 Å². The molecule has 3 heterocycles. The van der Waals surface area contributed by atoms with Crippen LogP contribution in [0.15, 0.2) is 79.3 Å². The molecule has 8 nitrogen and oxygen atoms in total. The Morgan fingerprint density at radius 3 is 2.65 bits per heavy atom. The molecule has 0 spiro atoms. The van der Waals surface area contributed by atoms with Gasteiger partial charge in [0.2, 0.25) is 5.91 Å². The first-order valence-electron chi connectivity index (χ1n) is 10.6. The smallest absolute Gasteiger partial charge is 0.261 e. The van der Waals surface area contributed by atoms with Crippen LogP contribution in [0.2, 0.25) is 0 Å². The van der Waals surface area contributed by atoms with Crippen LogP contribution in [0.25, 0.3) is 21.5 Å². The fraction of sp³-hybridized carbons (Fsp3) is 0.0800. The van der Waals surface area contributed by atoms with Crippen molar-refractivity contribution in [3.8, 4) is 11.3 Å². The number of carbonyl (C=O) groups is 2. The normalized spacial score (nSPS) is 10.9. The molecule has 0 aliphatic rings. The van der Waals surface area contributed by atoms with Gasteiger partial charge in [0.1, 0.15) is 5.69 Å². The number of thiazole rings is 1. The Balaban J connectivity index is 1.45. The lowest BCUT2D eigenvalue weighted by atomic mass is 10.1. The van der Waals surface area contributed by atoms with Crippen LogP contribution in [0.3, 0.4) is 0 Å². The lowest BCUT2D eigenvalue weighted by Gasteiger charge is -2.02. The molecule has 0 unspecified atom stereocenters. The molecule has 3 aromatic heterocycles. The van der Waals surface area contributed by atoms with Crippen molar-refractivity contribution < 1.29 is 9.59 Å². The van der Waals surface area contributed by atoms with E-state index >= 15 is 0 Å². The summed E-state index contributed by atoms with van der Waals surface area (Å²) in [7, 11) is 0. The summed E-state index contributed by atoms with van der Waals surface area (Å²) < 4.78 is 2.61. The Morgan fingerprint density at radius 2 is 1.88 bits per heavy atom. The second-order valence-electron chi connectivity index (χ2n) is 7.65. The molecule has 5 rings (SSSR count). The number of hydrogen-bond acceptors (Lipinski definition) is 6. The van der Waals surface area contributed by atoms with E-state index in [0.717, 1.165) is 21.3 Å². The molecule has 0 saturated carbocycles. The zero-order valence-electron chi connectivity index (χ0n) is 18.2. The van der Waals surface area contributed by atoms with Crippen LogP contribution in [-0.4, -0.2) is 31.6 Å². The Bertz CT molecular complexity index is 1480. The highest BCUT2D eigenvalue weighted by Gasteiger charge is 2.20. The number of fused-ring (bicyclic) bond motifs is 1.